The fraction of sp³-hybridized carbons (Fsp3) is 0.421. The lowest BCUT2D eigenvalue weighted by Crippen LogP contribution is -2.20. The van der Waals surface area contributed by atoms with Crippen molar-refractivity contribution in [3.05, 3.63) is 47.8 Å². The molecule has 0 atom stereocenters. The average Bonchev–Trinajstić information content (AvgIpc) is 2.87. The number of nitrogens with zero attached hydrogens (tertiary/aromatic N) is 2. The molecule has 1 fully saturated rings. The van der Waals surface area contributed by atoms with E-state index in [4.69, 9.17) is 0 Å². The van der Waals surface area contributed by atoms with Crippen LogP contribution in [-0.4, -0.2) is 22.1 Å². The number of amides is 1. The largest absolute Gasteiger partial charge is 0.366 e. The SMILES string of the molecule is O=C(Cc1ccc(F)cc1)Nc1ccc(NC2CCCCCC2)nn1. The van der Waals surface area contributed by atoms with Crippen LogP contribution in [0.1, 0.15) is 44.1 Å². The smallest absolute Gasteiger partial charge is 0.229 e. The number of nitrogens with one attached hydrogen (secondary N) is 2. The summed E-state index contributed by atoms with van der Waals surface area (Å²) in [5, 5.41) is 14.3. The van der Waals surface area contributed by atoms with E-state index in [1.807, 2.05) is 6.07 Å². The topological polar surface area (TPSA) is 66.9 Å². The number of anilines is 2. The maximum Gasteiger partial charge on any atom is 0.229 e. The number of carbonyl (C=O) groups is 1. The maximum atomic E-state index is 12.9. The van der Waals surface area contributed by atoms with E-state index in [2.05, 4.69) is 20.8 Å². The Morgan fingerprint density at radius 3 is 2.24 bits per heavy atom. The molecular formula is C19H23FN4O. The second-order valence-corrected chi connectivity index (χ2v) is 6.49. The Hall–Kier alpha value is -2.50. The van der Waals surface area contributed by atoms with E-state index in [9.17, 15) is 9.18 Å². The van der Waals surface area contributed by atoms with E-state index in [-0.39, 0.29) is 18.1 Å². The summed E-state index contributed by atoms with van der Waals surface area (Å²) in [6.45, 7) is 0. The third-order valence-electron chi connectivity index (χ3n) is 4.42. The first-order chi connectivity index (χ1) is 12.2. The molecule has 0 unspecified atom stereocenters. The van der Waals surface area contributed by atoms with Crippen molar-refractivity contribution in [2.45, 2.75) is 51.0 Å². The van der Waals surface area contributed by atoms with Crippen LogP contribution in [0.3, 0.4) is 0 Å². The van der Waals surface area contributed by atoms with Gasteiger partial charge in [0.1, 0.15) is 11.6 Å². The molecule has 1 heterocycles. The molecule has 0 radical (unpaired) electrons. The Labute approximate surface area is 147 Å². The molecular weight excluding hydrogens is 319 g/mol. The van der Waals surface area contributed by atoms with Gasteiger partial charge >= 0.3 is 0 Å². The predicted octanol–water partition coefficient (Wildman–Crippen LogP) is 3.93. The molecule has 1 aromatic heterocycles. The molecule has 2 aromatic rings. The molecule has 1 amide bonds. The summed E-state index contributed by atoms with van der Waals surface area (Å²) in [6, 6.07) is 9.92. The molecule has 1 aromatic carbocycles. The third-order valence-corrected chi connectivity index (χ3v) is 4.42. The van der Waals surface area contributed by atoms with Gasteiger partial charge < -0.3 is 10.6 Å². The fourth-order valence-corrected chi connectivity index (χ4v) is 3.08. The molecule has 0 saturated heterocycles. The van der Waals surface area contributed by atoms with Crippen LogP contribution in [0.25, 0.3) is 0 Å². The predicted molar refractivity (Wildman–Crippen MR) is 95.9 cm³/mol. The summed E-state index contributed by atoms with van der Waals surface area (Å²) in [7, 11) is 0. The van der Waals surface area contributed by atoms with Gasteiger partial charge in [0.05, 0.1) is 6.42 Å². The van der Waals surface area contributed by atoms with Crippen molar-refractivity contribution in [3.63, 3.8) is 0 Å². The van der Waals surface area contributed by atoms with Crippen LogP contribution in [0.2, 0.25) is 0 Å². The molecule has 5 nitrogen and oxygen atoms in total. The summed E-state index contributed by atoms with van der Waals surface area (Å²) in [5.41, 5.74) is 0.749. The molecule has 0 bridgehead atoms. The fourth-order valence-electron chi connectivity index (χ4n) is 3.08. The first-order valence-corrected chi connectivity index (χ1v) is 8.83. The van der Waals surface area contributed by atoms with E-state index in [0.29, 0.717) is 11.9 Å². The van der Waals surface area contributed by atoms with Crippen molar-refractivity contribution in [2.24, 2.45) is 0 Å². The minimum absolute atomic E-state index is 0.171. The average molecular weight is 342 g/mol. The molecule has 1 aliphatic carbocycles. The molecule has 25 heavy (non-hydrogen) atoms. The van der Waals surface area contributed by atoms with Gasteiger partial charge in [-0.25, -0.2) is 4.39 Å². The van der Waals surface area contributed by atoms with E-state index >= 15 is 0 Å². The van der Waals surface area contributed by atoms with Crippen LogP contribution in [0.4, 0.5) is 16.0 Å². The molecule has 132 valence electrons. The number of benzene rings is 1. The van der Waals surface area contributed by atoms with Gasteiger partial charge in [-0.2, -0.15) is 0 Å². The van der Waals surface area contributed by atoms with E-state index < -0.39 is 0 Å². The molecule has 1 aliphatic rings. The van der Waals surface area contributed by atoms with Gasteiger partial charge in [-0.05, 0) is 42.7 Å². The summed E-state index contributed by atoms with van der Waals surface area (Å²) in [6.07, 6.45) is 7.62. The van der Waals surface area contributed by atoms with Gasteiger partial charge in [0, 0.05) is 6.04 Å². The Morgan fingerprint density at radius 1 is 0.960 bits per heavy atom. The van der Waals surface area contributed by atoms with E-state index in [1.54, 1.807) is 18.2 Å². The normalized spacial score (nSPS) is 15.4. The summed E-state index contributed by atoms with van der Waals surface area (Å²) in [5.74, 6) is 0.638. The summed E-state index contributed by atoms with van der Waals surface area (Å²) in [4.78, 5) is 12.0. The quantitative estimate of drug-likeness (QED) is 0.808. The van der Waals surface area contributed by atoms with E-state index in [1.165, 1.54) is 37.8 Å². The highest BCUT2D eigenvalue weighted by Gasteiger charge is 2.13. The number of hydrogen-bond donors (Lipinski definition) is 2. The lowest BCUT2D eigenvalue weighted by Gasteiger charge is -2.16. The first-order valence-electron chi connectivity index (χ1n) is 8.83. The number of halogens is 1. The van der Waals surface area contributed by atoms with Crippen LogP contribution >= 0.6 is 0 Å². The zero-order chi connectivity index (χ0) is 17.5. The highest BCUT2D eigenvalue weighted by Crippen LogP contribution is 2.20. The maximum absolute atomic E-state index is 12.9. The van der Waals surface area contributed by atoms with Gasteiger partial charge in [-0.3, -0.25) is 4.79 Å². The minimum Gasteiger partial charge on any atom is -0.366 e. The zero-order valence-electron chi connectivity index (χ0n) is 14.2. The van der Waals surface area contributed by atoms with Gasteiger partial charge in [0.2, 0.25) is 5.91 Å². The highest BCUT2D eigenvalue weighted by atomic mass is 19.1. The van der Waals surface area contributed by atoms with Crippen molar-refractivity contribution in [1.29, 1.82) is 0 Å². The summed E-state index contributed by atoms with van der Waals surface area (Å²) < 4.78 is 12.9. The van der Waals surface area contributed by atoms with Crippen LogP contribution in [-0.2, 0) is 11.2 Å². The van der Waals surface area contributed by atoms with Crippen molar-refractivity contribution in [3.8, 4) is 0 Å². The van der Waals surface area contributed by atoms with Gasteiger partial charge in [-0.1, -0.05) is 37.8 Å². The van der Waals surface area contributed by atoms with Crippen molar-refractivity contribution < 1.29 is 9.18 Å². The molecule has 2 N–H and O–H groups in total. The highest BCUT2D eigenvalue weighted by molar-refractivity contribution is 5.91. The monoisotopic (exact) mass is 342 g/mol. The van der Waals surface area contributed by atoms with Crippen LogP contribution < -0.4 is 10.6 Å². The van der Waals surface area contributed by atoms with Crippen molar-refractivity contribution in [1.82, 2.24) is 10.2 Å². The number of carbonyl (C=O) groups excluding carboxylic acids is 1. The number of rotatable bonds is 5. The molecule has 0 spiro atoms. The van der Waals surface area contributed by atoms with Gasteiger partial charge in [-0.15, -0.1) is 10.2 Å². The van der Waals surface area contributed by atoms with Crippen LogP contribution in [0.5, 0.6) is 0 Å². The van der Waals surface area contributed by atoms with Gasteiger partial charge in [0.15, 0.2) is 5.82 Å². The molecule has 0 aliphatic heterocycles. The molecule has 1 saturated carbocycles. The standard InChI is InChI=1S/C19H23FN4O/c20-15-9-7-14(8-10-15)13-19(25)22-18-12-11-17(23-24-18)21-16-5-3-1-2-4-6-16/h7-12,16H,1-6,13H2,(H,21,23)(H,22,24,25). The lowest BCUT2D eigenvalue weighted by molar-refractivity contribution is -0.115. The van der Waals surface area contributed by atoms with Crippen molar-refractivity contribution >= 4 is 17.5 Å². The number of aromatic nitrogens is 2. The van der Waals surface area contributed by atoms with Crippen molar-refractivity contribution in [2.75, 3.05) is 10.6 Å². The Balaban J connectivity index is 1.51. The van der Waals surface area contributed by atoms with Crippen LogP contribution in [0.15, 0.2) is 36.4 Å². The second-order valence-electron chi connectivity index (χ2n) is 6.49. The molecule has 3 rings (SSSR count). The Bertz CT molecular complexity index is 680. The second kappa shape index (κ2) is 8.55. The van der Waals surface area contributed by atoms with Gasteiger partial charge in [0.25, 0.3) is 0 Å². The third kappa shape index (κ3) is 5.52. The molecule has 6 heteroatoms. The van der Waals surface area contributed by atoms with Crippen LogP contribution in [0, 0.1) is 5.82 Å². The zero-order valence-corrected chi connectivity index (χ0v) is 14.2. The first kappa shape index (κ1) is 17.3. The Kier molecular flexibility index (Phi) is 5.93. The van der Waals surface area contributed by atoms with E-state index in [0.717, 1.165) is 24.2 Å². The summed E-state index contributed by atoms with van der Waals surface area (Å²) >= 11 is 0. The Morgan fingerprint density at radius 2 is 1.60 bits per heavy atom. The lowest BCUT2D eigenvalue weighted by atomic mass is 10.1. The minimum atomic E-state index is -0.313. The number of hydrogen-bond acceptors (Lipinski definition) is 4.